The summed E-state index contributed by atoms with van der Waals surface area (Å²) in [4.78, 5) is 22.3. The van der Waals surface area contributed by atoms with E-state index >= 15 is 0 Å². The van der Waals surface area contributed by atoms with Gasteiger partial charge in [0.05, 0.1) is 12.6 Å². The monoisotopic (exact) mass is 274 g/mol. The molecule has 0 unspecified atom stereocenters. The third-order valence-electron chi connectivity index (χ3n) is 2.59. The van der Waals surface area contributed by atoms with Crippen LogP contribution < -0.4 is 5.32 Å². The Hall–Kier alpha value is -2.70. The standard InChI is InChI=1S/C13H14N4O3/c1-9-2-4-10(5-3-9)6-12(18)14-11-7-17(16-15-11)8-13(19)20/h2-5,7H,6,8H2,1H3,(H,14,18)(H,19,20). The van der Waals surface area contributed by atoms with Gasteiger partial charge in [-0.1, -0.05) is 35.0 Å². The number of aromatic nitrogens is 3. The number of hydrogen-bond donors (Lipinski definition) is 2. The van der Waals surface area contributed by atoms with Gasteiger partial charge in [-0.05, 0) is 12.5 Å². The van der Waals surface area contributed by atoms with Crippen molar-refractivity contribution in [3.8, 4) is 0 Å². The maximum atomic E-state index is 11.8. The van der Waals surface area contributed by atoms with Gasteiger partial charge in [-0.3, -0.25) is 9.59 Å². The van der Waals surface area contributed by atoms with Gasteiger partial charge in [0.25, 0.3) is 0 Å². The van der Waals surface area contributed by atoms with Crippen LogP contribution in [0.2, 0.25) is 0 Å². The first-order valence-electron chi connectivity index (χ1n) is 6.00. The van der Waals surface area contributed by atoms with Gasteiger partial charge in [-0.2, -0.15) is 0 Å². The van der Waals surface area contributed by atoms with Crippen molar-refractivity contribution in [3.63, 3.8) is 0 Å². The molecule has 1 aromatic carbocycles. The predicted octanol–water partition coefficient (Wildman–Crippen LogP) is 0.852. The summed E-state index contributed by atoms with van der Waals surface area (Å²) in [7, 11) is 0. The molecule has 0 aliphatic carbocycles. The molecule has 0 bridgehead atoms. The molecule has 2 N–H and O–H groups in total. The van der Waals surface area contributed by atoms with Crippen molar-refractivity contribution in [3.05, 3.63) is 41.6 Å². The van der Waals surface area contributed by atoms with Crippen molar-refractivity contribution in [2.75, 3.05) is 5.32 Å². The molecule has 104 valence electrons. The maximum absolute atomic E-state index is 11.8. The van der Waals surface area contributed by atoms with Crippen molar-refractivity contribution < 1.29 is 14.7 Å². The third kappa shape index (κ3) is 3.91. The molecule has 2 rings (SSSR count). The Morgan fingerprint density at radius 3 is 2.65 bits per heavy atom. The molecule has 7 heteroatoms. The predicted molar refractivity (Wildman–Crippen MR) is 71.2 cm³/mol. The van der Waals surface area contributed by atoms with E-state index in [0.29, 0.717) is 0 Å². The van der Waals surface area contributed by atoms with Crippen LogP contribution in [0, 0.1) is 6.92 Å². The van der Waals surface area contributed by atoms with Gasteiger partial charge in [0.15, 0.2) is 5.82 Å². The van der Waals surface area contributed by atoms with E-state index in [-0.39, 0.29) is 24.7 Å². The highest BCUT2D eigenvalue weighted by Crippen LogP contribution is 2.06. The molecule has 0 radical (unpaired) electrons. The number of hydrogen-bond acceptors (Lipinski definition) is 4. The van der Waals surface area contributed by atoms with Crippen molar-refractivity contribution in [1.29, 1.82) is 0 Å². The van der Waals surface area contributed by atoms with E-state index in [2.05, 4.69) is 15.6 Å². The van der Waals surface area contributed by atoms with E-state index in [0.717, 1.165) is 15.8 Å². The quantitative estimate of drug-likeness (QED) is 0.842. The zero-order valence-electron chi connectivity index (χ0n) is 10.9. The number of aliphatic carboxylic acids is 1. The summed E-state index contributed by atoms with van der Waals surface area (Å²) in [6.07, 6.45) is 1.60. The summed E-state index contributed by atoms with van der Waals surface area (Å²) in [5, 5.41) is 18.5. The lowest BCUT2D eigenvalue weighted by molar-refractivity contribution is -0.137. The fraction of sp³-hybridized carbons (Fsp3) is 0.231. The second kappa shape index (κ2) is 5.96. The molecular formula is C13H14N4O3. The Labute approximate surface area is 115 Å². The minimum Gasteiger partial charge on any atom is -0.480 e. The Kier molecular flexibility index (Phi) is 4.09. The summed E-state index contributed by atoms with van der Waals surface area (Å²) >= 11 is 0. The van der Waals surface area contributed by atoms with Gasteiger partial charge in [-0.25, -0.2) is 4.68 Å². The number of nitrogens with one attached hydrogen (secondary N) is 1. The van der Waals surface area contributed by atoms with Gasteiger partial charge in [0.1, 0.15) is 6.54 Å². The number of carbonyl (C=O) groups is 2. The summed E-state index contributed by atoms with van der Waals surface area (Å²) in [5.41, 5.74) is 2.02. The largest absolute Gasteiger partial charge is 0.480 e. The molecule has 1 aromatic heterocycles. The fourth-order valence-corrected chi connectivity index (χ4v) is 1.65. The molecule has 1 heterocycles. The number of carbonyl (C=O) groups excluding carboxylic acids is 1. The zero-order chi connectivity index (χ0) is 14.5. The smallest absolute Gasteiger partial charge is 0.325 e. The summed E-state index contributed by atoms with van der Waals surface area (Å²) in [6.45, 7) is 1.69. The minimum absolute atomic E-state index is 0.226. The lowest BCUT2D eigenvalue weighted by Crippen LogP contribution is -2.14. The van der Waals surface area contributed by atoms with Gasteiger partial charge < -0.3 is 10.4 Å². The lowest BCUT2D eigenvalue weighted by atomic mass is 10.1. The Morgan fingerprint density at radius 1 is 1.30 bits per heavy atom. The average molecular weight is 274 g/mol. The molecule has 1 amide bonds. The summed E-state index contributed by atoms with van der Waals surface area (Å²) in [6, 6.07) is 7.64. The van der Waals surface area contributed by atoms with Crippen LogP contribution in [0.25, 0.3) is 0 Å². The first-order valence-corrected chi connectivity index (χ1v) is 6.00. The van der Waals surface area contributed by atoms with Crippen molar-refractivity contribution in [2.45, 2.75) is 19.9 Å². The van der Waals surface area contributed by atoms with Crippen LogP contribution in [0.15, 0.2) is 30.5 Å². The van der Waals surface area contributed by atoms with E-state index in [1.165, 1.54) is 6.20 Å². The van der Waals surface area contributed by atoms with Crippen LogP contribution in [0.4, 0.5) is 5.82 Å². The molecule has 0 spiro atoms. The fourth-order valence-electron chi connectivity index (χ4n) is 1.65. The molecule has 0 saturated heterocycles. The van der Waals surface area contributed by atoms with E-state index in [1.807, 2.05) is 31.2 Å². The average Bonchev–Trinajstić information content (AvgIpc) is 2.78. The minimum atomic E-state index is -1.02. The van der Waals surface area contributed by atoms with Crippen LogP contribution in [0.3, 0.4) is 0 Å². The van der Waals surface area contributed by atoms with Crippen molar-refractivity contribution >= 4 is 17.7 Å². The van der Waals surface area contributed by atoms with Crippen LogP contribution in [-0.4, -0.2) is 32.0 Å². The first-order chi connectivity index (χ1) is 9.52. The number of amides is 1. The third-order valence-corrected chi connectivity index (χ3v) is 2.59. The SMILES string of the molecule is Cc1ccc(CC(=O)Nc2cn(CC(=O)O)nn2)cc1. The van der Waals surface area contributed by atoms with Crippen molar-refractivity contribution in [1.82, 2.24) is 15.0 Å². The highest BCUT2D eigenvalue weighted by atomic mass is 16.4. The van der Waals surface area contributed by atoms with Gasteiger partial charge in [0.2, 0.25) is 5.91 Å². The summed E-state index contributed by atoms with van der Waals surface area (Å²) in [5.74, 6) is -1.01. The van der Waals surface area contributed by atoms with Crippen LogP contribution in [-0.2, 0) is 22.6 Å². The molecule has 0 saturated carbocycles. The molecule has 0 atom stereocenters. The van der Waals surface area contributed by atoms with Crippen LogP contribution >= 0.6 is 0 Å². The highest BCUT2D eigenvalue weighted by molar-refractivity contribution is 5.91. The van der Waals surface area contributed by atoms with E-state index in [1.54, 1.807) is 0 Å². The molecular weight excluding hydrogens is 260 g/mol. The molecule has 2 aromatic rings. The van der Waals surface area contributed by atoms with Crippen LogP contribution in [0.5, 0.6) is 0 Å². The molecule has 0 fully saturated rings. The molecule has 20 heavy (non-hydrogen) atoms. The first kappa shape index (κ1) is 13.7. The van der Waals surface area contributed by atoms with E-state index < -0.39 is 5.97 Å². The number of carboxylic acids is 1. The lowest BCUT2D eigenvalue weighted by Gasteiger charge is -2.02. The molecule has 7 nitrogen and oxygen atoms in total. The number of aryl methyl sites for hydroxylation is 1. The van der Waals surface area contributed by atoms with Crippen molar-refractivity contribution in [2.24, 2.45) is 0 Å². The topological polar surface area (TPSA) is 97.1 Å². The number of rotatable bonds is 5. The molecule has 0 aliphatic rings. The number of anilines is 1. The van der Waals surface area contributed by atoms with Crippen LogP contribution in [0.1, 0.15) is 11.1 Å². The number of nitrogens with zero attached hydrogens (tertiary/aromatic N) is 3. The Balaban J connectivity index is 1.92. The van der Waals surface area contributed by atoms with E-state index in [4.69, 9.17) is 5.11 Å². The Bertz CT molecular complexity index is 619. The van der Waals surface area contributed by atoms with Gasteiger partial charge >= 0.3 is 5.97 Å². The highest BCUT2D eigenvalue weighted by Gasteiger charge is 2.08. The molecule has 0 aliphatic heterocycles. The second-order valence-corrected chi connectivity index (χ2v) is 4.41. The van der Waals surface area contributed by atoms with Gasteiger partial charge in [0, 0.05) is 0 Å². The second-order valence-electron chi connectivity index (χ2n) is 4.41. The zero-order valence-corrected chi connectivity index (χ0v) is 10.9. The summed E-state index contributed by atoms with van der Waals surface area (Å²) < 4.78 is 1.14. The number of carboxylic acid groups (broad SMARTS) is 1. The normalized spacial score (nSPS) is 10.2. The van der Waals surface area contributed by atoms with Gasteiger partial charge in [-0.15, -0.1) is 5.10 Å². The Morgan fingerprint density at radius 2 is 2.00 bits per heavy atom. The maximum Gasteiger partial charge on any atom is 0.325 e. The van der Waals surface area contributed by atoms with E-state index in [9.17, 15) is 9.59 Å². The number of benzene rings is 1.